The van der Waals surface area contributed by atoms with Crippen LogP contribution in [0.1, 0.15) is 31.4 Å². The van der Waals surface area contributed by atoms with Gasteiger partial charge in [0.15, 0.2) is 0 Å². The van der Waals surface area contributed by atoms with Crippen LogP contribution in [-0.2, 0) is 4.79 Å². The van der Waals surface area contributed by atoms with Crippen LogP contribution >= 0.6 is 0 Å². The van der Waals surface area contributed by atoms with E-state index in [1.165, 1.54) is 0 Å². The number of hydrogen-bond donors (Lipinski definition) is 4. The van der Waals surface area contributed by atoms with Crippen LogP contribution in [-0.4, -0.2) is 58.9 Å². The zero-order chi connectivity index (χ0) is 17.5. The first-order chi connectivity index (χ1) is 11.5. The fourth-order valence-corrected chi connectivity index (χ4v) is 2.98. The molecule has 0 radical (unpaired) electrons. The van der Waals surface area contributed by atoms with Crippen LogP contribution in [0.5, 0.6) is 0 Å². The molecule has 2 amide bonds. The third kappa shape index (κ3) is 4.94. The van der Waals surface area contributed by atoms with Crippen LogP contribution in [0.25, 0.3) is 0 Å². The first-order valence-corrected chi connectivity index (χ1v) is 8.22. The molecule has 1 fully saturated rings. The Morgan fingerprint density at radius 2 is 1.96 bits per heavy atom. The minimum absolute atomic E-state index is 0.0284. The second-order valence-electron chi connectivity index (χ2n) is 6.04. The molecule has 7 nitrogen and oxygen atoms in total. The van der Waals surface area contributed by atoms with Crippen molar-refractivity contribution in [2.45, 2.75) is 37.9 Å². The van der Waals surface area contributed by atoms with Crippen LogP contribution in [0.15, 0.2) is 30.3 Å². The number of likely N-dealkylation sites (N-methyl/N-ethyl adjacent to an activating group) is 1. The van der Waals surface area contributed by atoms with Gasteiger partial charge in [-0.2, -0.15) is 0 Å². The summed E-state index contributed by atoms with van der Waals surface area (Å²) in [4.78, 5) is 24.8. The van der Waals surface area contributed by atoms with Crippen LogP contribution in [0.4, 0.5) is 4.79 Å². The molecule has 0 spiro atoms. The second kappa shape index (κ2) is 8.65. The van der Waals surface area contributed by atoms with Crippen molar-refractivity contribution in [1.29, 1.82) is 0 Å². The number of benzene rings is 1. The lowest BCUT2D eigenvalue weighted by Crippen LogP contribution is -2.56. The molecular formula is C17H25N3O4. The Morgan fingerprint density at radius 3 is 2.50 bits per heavy atom. The Hall–Kier alpha value is -2.12. The largest absolute Gasteiger partial charge is 0.480 e. The highest BCUT2D eigenvalue weighted by Gasteiger charge is 2.34. The molecule has 7 heteroatoms. The van der Waals surface area contributed by atoms with Crippen LogP contribution < -0.4 is 10.6 Å². The first kappa shape index (κ1) is 18.2. The maximum Gasteiger partial charge on any atom is 0.317 e. The van der Waals surface area contributed by atoms with Gasteiger partial charge in [-0.25, -0.2) is 4.79 Å². The normalized spacial score (nSPS) is 21.0. The monoisotopic (exact) mass is 335 g/mol. The van der Waals surface area contributed by atoms with E-state index in [0.717, 1.165) is 18.4 Å². The summed E-state index contributed by atoms with van der Waals surface area (Å²) in [6.45, 7) is 2.46. The number of carbonyl (C=O) groups excluding carboxylic acids is 1. The Labute approximate surface area is 141 Å². The lowest BCUT2D eigenvalue weighted by molar-refractivity contribution is -0.139. The Morgan fingerprint density at radius 1 is 1.29 bits per heavy atom. The zero-order valence-corrected chi connectivity index (χ0v) is 13.8. The van der Waals surface area contributed by atoms with Gasteiger partial charge < -0.3 is 20.8 Å². The van der Waals surface area contributed by atoms with Gasteiger partial charge in [-0.05, 0) is 24.9 Å². The first-order valence-electron chi connectivity index (χ1n) is 8.22. The van der Waals surface area contributed by atoms with Crippen LogP contribution in [0.3, 0.4) is 0 Å². The lowest BCUT2D eigenvalue weighted by atomic mass is 9.85. The van der Waals surface area contributed by atoms with Crippen molar-refractivity contribution in [3.05, 3.63) is 35.9 Å². The minimum atomic E-state index is -0.834. The molecular weight excluding hydrogens is 310 g/mol. The van der Waals surface area contributed by atoms with Crippen molar-refractivity contribution < 1.29 is 19.8 Å². The predicted molar refractivity (Wildman–Crippen MR) is 89.6 cm³/mol. The molecule has 4 N–H and O–H groups in total. The summed E-state index contributed by atoms with van der Waals surface area (Å²) < 4.78 is 0. The van der Waals surface area contributed by atoms with Crippen molar-refractivity contribution >= 4 is 12.0 Å². The van der Waals surface area contributed by atoms with Gasteiger partial charge in [-0.3, -0.25) is 9.69 Å². The number of aliphatic carboxylic acids is 1. The Kier molecular flexibility index (Phi) is 6.57. The molecule has 0 aliphatic heterocycles. The lowest BCUT2D eigenvalue weighted by Gasteiger charge is -2.42. The molecule has 1 saturated carbocycles. The molecule has 1 unspecified atom stereocenters. The maximum atomic E-state index is 12.1. The van der Waals surface area contributed by atoms with Gasteiger partial charge in [0.2, 0.25) is 0 Å². The van der Waals surface area contributed by atoms with Gasteiger partial charge >= 0.3 is 12.0 Å². The fourth-order valence-electron chi connectivity index (χ4n) is 2.98. The van der Waals surface area contributed by atoms with E-state index in [1.54, 1.807) is 0 Å². The molecule has 24 heavy (non-hydrogen) atoms. The van der Waals surface area contributed by atoms with E-state index in [-0.39, 0.29) is 31.3 Å². The van der Waals surface area contributed by atoms with E-state index in [9.17, 15) is 14.7 Å². The van der Waals surface area contributed by atoms with E-state index in [1.807, 2.05) is 42.2 Å². The Balaban J connectivity index is 1.77. The van der Waals surface area contributed by atoms with Crippen molar-refractivity contribution in [3.63, 3.8) is 0 Å². The van der Waals surface area contributed by atoms with Crippen LogP contribution in [0, 0.1) is 0 Å². The van der Waals surface area contributed by atoms with Crippen molar-refractivity contribution in [1.82, 2.24) is 15.5 Å². The number of carbonyl (C=O) groups is 2. The summed E-state index contributed by atoms with van der Waals surface area (Å²) in [5, 5.41) is 24.0. The number of hydrogen-bond acceptors (Lipinski definition) is 4. The average molecular weight is 335 g/mol. The van der Waals surface area contributed by atoms with Crippen LogP contribution in [0.2, 0.25) is 0 Å². The Bertz CT molecular complexity index is 546. The number of nitrogens with one attached hydrogen (secondary N) is 2. The van der Waals surface area contributed by atoms with Gasteiger partial charge in [0.25, 0.3) is 0 Å². The van der Waals surface area contributed by atoms with Gasteiger partial charge in [0, 0.05) is 12.1 Å². The highest BCUT2D eigenvalue weighted by molar-refractivity contribution is 5.75. The topological polar surface area (TPSA) is 102 Å². The van der Waals surface area contributed by atoms with E-state index < -0.39 is 12.0 Å². The fraction of sp³-hybridized carbons (Fsp3) is 0.529. The predicted octanol–water partition coefficient (Wildman–Crippen LogP) is 0.957. The highest BCUT2D eigenvalue weighted by atomic mass is 16.4. The van der Waals surface area contributed by atoms with Crippen molar-refractivity contribution in [2.24, 2.45) is 0 Å². The zero-order valence-electron chi connectivity index (χ0n) is 13.8. The molecule has 1 aliphatic rings. The summed E-state index contributed by atoms with van der Waals surface area (Å²) in [5.41, 5.74) is 0.847. The number of urea groups is 1. The molecule has 1 aromatic carbocycles. The van der Waals surface area contributed by atoms with Crippen molar-refractivity contribution in [3.8, 4) is 0 Å². The molecule has 132 valence electrons. The number of aliphatic hydroxyl groups is 1. The summed E-state index contributed by atoms with van der Waals surface area (Å²) in [6, 6.07) is 8.77. The number of carboxylic acids is 1. The quantitative estimate of drug-likeness (QED) is 0.567. The standard InChI is InChI=1S/C17H25N3O4/c1-2-20(10-16(22)23)14-8-13(9-14)18-17(24)19-15(11-21)12-6-4-3-5-7-12/h3-7,13-15,21H,2,8-11H2,1H3,(H,22,23)(H2,18,19,24). The van der Waals surface area contributed by atoms with Gasteiger partial charge in [0.05, 0.1) is 19.2 Å². The molecule has 1 atom stereocenters. The third-order valence-electron chi connectivity index (χ3n) is 4.40. The molecule has 0 heterocycles. The van der Waals surface area contributed by atoms with E-state index in [0.29, 0.717) is 6.54 Å². The molecule has 2 rings (SSSR count). The maximum absolute atomic E-state index is 12.1. The molecule has 0 aromatic heterocycles. The number of nitrogens with zero attached hydrogens (tertiary/aromatic N) is 1. The van der Waals surface area contributed by atoms with Gasteiger partial charge in [-0.15, -0.1) is 0 Å². The summed E-state index contributed by atoms with van der Waals surface area (Å²) in [5.74, 6) is -0.834. The summed E-state index contributed by atoms with van der Waals surface area (Å²) >= 11 is 0. The smallest absolute Gasteiger partial charge is 0.317 e. The number of amides is 2. The molecule has 1 aliphatic carbocycles. The van der Waals surface area contributed by atoms with E-state index >= 15 is 0 Å². The highest BCUT2D eigenvalue weighted by Crippen LogP contribution is 2.25. The molecule has 1 aromatic rings. The molecule has 0 bridgehead atoms. The number of aliphatic hydroxyl groups excluding tert-OH is 1. The van der Waals surface area contributed by atoms with Crippen molar-refractivity contribution in [2.75, 3.05) is 19.7 Å². The summed E-state index contributed by atoms with van der Waals surface area (Å²) in [7, 11) is 0. The minimum Gasteiger partial charge on any atom is -0.480 e. The van der Waals surface area contributed by atoms with E-state index in [2.05, 4.69) is 10.6 Å². The number of carboxylic acid groups (broad SMARTS) is 1. The number of rotatable bonds is 8. The summed E-state index contributed by atoms with van der Waals surface area (Å²) in [6.07, 6.45) is 1.48. The third-order valence-corrected chi connectivity index (χ3v) is 4.40. The SMILES string of the molecule is CCN(CC(=O)O)C1CC(NC(=O)NC(CO)c2ccccc2)C1. The van der Waals surface area contributed by atoms with Gasteiger partial charge in [0.1, 0.15) is 0 Å². The van der Waals surface area contributed by atoms with Gasteiger partial charge in [-0.1, -0.05) is 37.3 Å². The second-order valence-corrected chi connectivity index (χ2v) is 6.04. The average Bonchev–Trinajstić information content (AvgIpc) is 2.54. The molecule has 0 saturated heterocycles. The van der Waals surface area contributed by atoms with E-state index in [4.69, 9.17) is 5.11 Å².